The summed E-state index contributed by atoms with van der Waals surface area (Å²) in [6, 6.07) is 0.327. The molecule has 0 saturated carbocycles. The van der Waals surface area contributed by atoms with E-state index >= 15 is 0 Å². The average molecular weight is 674 g/mol. The Hall–Kier alpha value is -1.14. The molecule has 0 aromatic heterocycles. The molecule has 0 aromatic carbocycles. The van der Waals surface area contributed by atoms with Crippen LogP contribution < -0.4 is 0 Å². The Balaban J connectivity index is 0.00000265. The highest BCUT2D eigenvalue weighted by atomic mass is 16.7. The van der Waals surface area contributed by atoms with E-state index in [-0.39, 0.29) is 54.2 Å². The SMILES string of the molecule is CC.CC[C@H]1OC(=O)[C@H](C)[C@@H](O[C@H]2C[C@H](C)C[C@H](C)O2)[C@H](C)[C@@H](O[C@H]2C[C@@H](N(C)C)C[C@@H](C)O2)[C@@H](C)CCC(=O)C[C@@H](O)[C@H]1C.CO. The van der Waals surface area contributed by atoms with Gasteiger partial charge in [-0.3, -0.25) is 9.59 Å². The second-order valence-corrected chi connectivity index (χ2v) is 14.3. The number of rotatable bonds is 6. The van der Waals surface area contributed by atoms with E-state index in [0.717, 1.165) is 32.8 Å². The van der Waals surface area contributed by atoms with Crippen molar-refractivity contribution in [3.8, 4) is 0 Å². The molecule has 3 heterocycles. The van der Waals surface area contributed by atoms with Crippen molar-refractivity contribution in [3.63, 3.8) is 0 Å². The Bertz CT molecular complexity index is 878. The summed E-state index contributed by atoms with van der Waals surface area (Å²) in [5.74, 6) is -1.15. The molecule has 0 bridgehead atoms. The molecule has 0 aliphatic carbocycles. The van der Waals surface area contributed by atoms with Crippen molar-refractivity contribution in [2.24, 2.45) is 29.6 Å². The van der Waals surface area contributed by atoms with Gasteiger partial charge in [0.25, 0.3) is 0 Å². The summed E-state index contributed by atoms with van der Waals surface area (Å²) in [5.41, 5.74) is 0. The highest BCUT2D eigenvalue weighted by Crippen LogP contribution is 2.36. The number of ether oxygens (including phenoxy) is 5. The van der Waals surface area contributed by atoms with Crippen LogP contribution in [0.5, 0.6) is 0 Å². The molecule has 3 rings (SSSR count). The maximum Gasteiger partial charge on any atom is 0.311 e. The van der Waals surface area contributed by atoms with Crippen molar-refractivity contribution in [2.45, 2.75) is 176 Å². The highest BCUT2D eigenvalue weighted by Gasteiger charge is 2.43. The van der Waals surface area contributed by atoms with Gasteiger partial charge >= 0.3 is 5.97 Å². The molecular weight excluding hydrogens is 602 g/mol. The second-order valence-electron chi connectivity index (χ2n) is 14.3. The van der Waals surface area contributed by atoms with Gasteiger partial charge in [0.05, 0.1) is 36.4 Å². The first kappa shape index (κ1) is 43.9. The standard InChI is InChI=1S/C34H61NO8.C2H6.CH4O/c1-11-29-23(6)28(37)18-27(36)13-12-20(3)32(42-31-17-26(35(9)10)16-22(5)40-31)24(7)33(25(8)34(38)41-29)43-30-15-19(2)14-21(4)39-30;2*1-2/h19-26,28-33,37H,11-18H2,1-10H3;1-2H3;2H,1H3/t19-,20+,21+,22-,23-,24-,25-,26+,28-,29-,30+,31+,32+,33+;;/m1../s1. The van der Waals surface area contributed by atoms with Gasteiger partial charge in [0.1, 0.15) is 11.9 Å². The van der Waals surface area contributed by atoms with Crippen LogP contribution in [-0.2, 0) is 33.3 Å². The highest BCUT2D eigenvalue weighted by molar-refractivity contribution is 5.79. The minimum absolute atomic E-state index is 0.00537. The molecule has 0 spiro atoms. The Morgan fingerprint density at radius 3 is 1.91 bits per heavy atom. The first-order valence-corrected chi connectivity index (χ1v) is 18.3. The minimum atomic E-state index is -0.879. The van der Waals surface area contributed by atoms with Crippen LogP contribution in [-0.4, -0.2) is 103 Å². The van der Waals surface area contributed by atoms with E-state index in [1.807, 2.05) is 34.6 Å². The predicted molar refractivity (Wildman–Crippen MR) is 185 cm³/mol. The molecule has 10 heteroatoms. The van der Waals surface area contributed by atoms with E-state index in [0.29, 0.717) is 31.2 Å². The van der Waals surface area contributed by atoms with E-state index in [2.05, 4.69) is 53.6 Å². The van der Waals surface area contributed by atoms with Gasteiger partial charge in [-0.15, -0.1) is 0 Å². The third-order valence-corrected chi connectivity index (χ3v) is 10.2. The first-order chi connectivity index (χ1) is 22.2. The largest absolute Gasteiger partial charge is 0.462 e. The van der Waals surface area contributed by atoms with Crippen LogP contribution in [0.3, 0.4) is 0 Å². The van der Waals surface area contributed by atoms with Crippen LogP contribution in [0.25, 0.3) is 0 Å². The minimum Gasteiger partial charge on any atom is -0.462 e. The Labute approximate surface area is 286 Å². The fraction of sp³-hybridized carbons (Fsp3) is 0.946. The third kappa shape index (κ3) is 13.6. The molecule has 2 N–H and O–H groups in total. The number of aliphatic hydroxyl groups excluding tert-OH is 2. The molecule has 47 heavy (non-hydrogen) atoms. The van der Waals surface area contributed by atoms with Crippen LogP contribution in [0.1, 0.15) is 121 Å². The first-order valence-electron chi connectivity index (χ1n) is 18.3. The summed E-state index contributed by atoms with van der Waals surface area (Å²) in [6.45, 7) is 20.2. The van der Waals surface area contributed by atoms with Gasteiger partial charge in [0.2, 0.25) is 0 Å². The zero-order chi connectivity index (χ0) is 36.0. The molecule has 3 fully saturated rings. The van der Waals surface area contributed by atoms with E-state index in [4.69, 9.17) is 28.8 Å². The van der Waals surface area contributed by atoms with Crippen molar-refractivity contribution in [1.82, 2.24) is 4.90 Å². The number of hydrogen-bond acceptors (Lipinski definition) is 10. The van der Waals surface area contributed by atoms with E-state index < -0.39 is 36.8 Å². The number of hydrogen-bond donors (Lipinski definition) is 2. The van der Waals surface area contributed by atoms with Crippen molar-refractivity contribution < 1.29 is 43.5 Å². The zero-order valence-corrected chi connectivity index (χ0v) is 31.9. The van der Waals surface area contributed by atoms with Gasteiger partial charge in [-0.05, 0) is 72.4 Å². The maximum absolute atomic E-state index is 13.8. The Morgan fingerprint density at radius 1 is 0.809 bits per heavy atom. The summed E-state index contributed by atoms with van der Waals surface area (Å²) >= 11 is 0. The molecule has 0 amide bonds. The van der Waals surface area contributed by atoms with Gasteiger partial charge in [0, 0.05) is 50.7 Å². The summed E-state index contributed by atoms with van der Waals surface area (Å²) in [6.07, 6.45) is 1.89. The fourth-order valence-corrected chi connectivity index (χ4v) is 7.32. The average Bonchev–Trinajstić information content (AvgIpc) is 3.03. The van der Waals surface area contributed by atoms with Gasteiger partial charge in [-0.25, -0.2) is 0 Å². The maximum atomic E-state index is 13.8. The smallest absolute Gasteiger partial charge is 0.311 e. The number of carbonyl (C=O) groups excluding carboxylic acids is 2. The van der Waals surface area contributed by atoms with Crippen LogP contribution in [0, 0.1) is 29.6 Å². The van der Waals surface area contributed by atoms with Gasteiger partial charge < -0.3 is 38.8 Å². The van der Waals surface area contributed by atoms with Crippen molar-refractivity contribution in [3.05, 3.63) is 0 Å². The molecule has 3 aliphatic heterocycles. The summed E-state index contributed by atoms with van der Waals surface area (Å²) in [5, 5.41) is 17.9. The lowest BCUT2D eigenvalue weighted by Gasteiger charge is -2.43. The van der Waals surface area contributed by atoms with Crippen LogP contribution in [0.4, 0.5) is 0 Å². The number of cyclic esters (lactones) is 1. The lowest BCUT2D eigenvalue weighted by molar-refractivity contribution is -0.267. The molecular formula is C37H71NO9. The monoisotopic (exact) mass is 674 g/mol. The molecule has 278 valence electrons. The zero-order valence-electron chi connectivity index (χ0n) is 31.9. The van der Waals surface area contributed by atoms with Gasteiger partial charge in [-0.2, -0.15) is 0 Å². The summed E-state index contributed by atoms with van der Waals surface area (Å²) in [7, 11) is 5.17. The van der Waals surface area contributed by atoms with Crippen LogP contribution in [0.15, 0.2) is 0 Å². The van der Waals surface area contributed by atoms with E-state index in [9.17, 15) is 14.7 Å². The van der Waals surface area contributed by atoms with Crippen molar-refractivity contribution >= 4 is 11.8 Å². The normalized spacial score (nSPS) is 41.0. The molecule has 14 atom stereocenters. The number of esters is 1. The molecule has 3 saturated heterocycles. The van der Waals surface area contributed by atoms with Crippen LogP contribution in [0.2, 0.25) is 0 Å². The molecule has 0 aromatic rings. The van der Waals surface area contributed by atoms with Gasteiger partial charge in [0.15, 0.2) is 12.6 Å². The van der Waals surface area contributed by atoms with Crippen LogP contribution >= 0.6 is 0 Å². The predicted octanol–water partition coefficient (Wildman–Crippen LogP) is 5.99. The van der Waals surface area contributed by atoms with Crippen molar-refractivity contribution in [1.29, 1.82) is 0 Å². The number of aliphatic hydroxyl groups is 2. The topological polar surface area (TPSA) is 124 Å². The molecule has 0 radical (unpaired) electrons. The second kappa shape index (κ2) is 21.8. The van der Waals surface area contributed by atoms with E-state index in [1.54, 1.807) is 0 Å². The van der Waals surface area contributed by atoms with E-state index in [1.165, 1.54) is 0 Å². The summed E-state index contributed by atoms with van der Waals surface area (Å²) < 4.78 is 32.2. The number of nitrogens with zero attached hydrogens (tertiary/aromatic N) is 1. The number of Topliss-reactive ketones (excluding diaryl/α,β-unsaturated/α-hetero) is 1. The lowest BCUT2D eigenvalue weighted by atomic mass is 9.81. The molecule has 10 nitrogen and oxygen atoms in total. The van der Waals surface area contributed by atoms with Crippen molar-refractivity contribution in [2.75, 3.05) is 21.2 Å². The number of carbonyl (C=O) groups is 2. The lowest BCUT2D eigenvalue weighted by Crippen LogP contribution is -2.50. The van der Waals surface area contributed by atoms with Gasteiger partial charge in [-0.1, -0.05) is 48.5 Å². The quantitative estimate of drug-likeness (QED) is 0.325. The Kier molecular flexibility index (Phi) is 20.4. The fourth-order valence-electron chi connectivity index (χ4n) is 7.32. The molecule has 3 aliphatic rings. The molecule has 0 unspecified atom stereocenters. The summed E-state index contributed by atoms with van der Waals surface area (Å²) in [4.78, 5) is 29.0. The number of ketones is 1. The Morgan fingerprint density at radius 2 is 1.36 bits per heavy atom. The third-order valence-electron chi connectivity index (χ3n) is 10.2.